The number of nitrogens with zero attached hydrogens (tertiary/aromatic N) is 2. The summed E-state index contributed by atoms with van der Waals surface area (Å²) in [5.41, 5.74) is 1.59. The molecule has 0 bridgehead atoms. The molecule has 222 valence electrons. The van der Waals surface area contributed by atoms with Crippen LogP contribution < -0.4 is 0 Å². The van der Waals surface area contributed by atoms with Crippen molar-refractivity contribution in [1.29, 1.82) is 0 Å². The number of aliphatic hydroxyl groups is 1. The predicted molar refractivity (Wildman–Crippen MR) is 148 cm³/mol. The third-order valence-corrected chi connectivity index (χ3v) is 8.33. The molecule has 0 spiro atoms. The van der Waals surface area contributed by atoms with Gasteiger partial charge in [-0.25, -0.2) is 22.4 Å². The number of halogens is 4. The number of hydrogen-bond donors (Lipinski definition) is 2. The van der Waals surface area contributed by atoms with Crippen molar-refractivity contribution in [3.63, 3.8) is 0 Å². The summed E-state index contributed by atoms with van der Waals surface area (Å²) in [6, 6.07) is 8.39. The van der Waals surface area contributed by atoms with E-state index in [1.165, 1.54) is 17.0 Å². The van der Waals surface area contributed by atoms with Crippen LogP contribution in [0, 0.1) is 17.6 Å². The fourth-order valence-electron chi connectivity index (χ4n) is 6.09. The highest BCUT2D eigenvalue weighted by Gasteiger charge is 2.44. The van der Waals surface area contributed by atoms with Crippen molar-refractivity contribution in [2.24, 2.45) is 5.92 Å². The van der Waals surface area contributed by atoms with Crippen molar-refractivity contribution in [2.45, 2.75) is 70.6 Å². The summed E-state index contributed by atoms with van der Waals surface area (Å²) in [4.78, 5) is 18.5. The Morgan fingerprint density at radius 3 is 2.39 bits per heavy atom. The van der Waals surface area contributed by atoms with Gasteiger partial charge in [-0.2, -0.15) is 0 Å². The second-order valence-electron chi connectivity index (χ2n) is 12.5. The molecule has 2 aliphatic heterocycles. The highest BCUT2D eigenvalue weighted by atomic mass is 19.3. The summed E-state index contributed by atoms with van der Waals surface area (Å²) in [7, 11) is 0. The Balaban J connectivity index is 1.48. The SMILES string of the molecule is CC(c1cc(F)c([C@@H]2c3[nH]c4ccccc4c3C[C@@H](C)N2CC(F)(F)CO)c(F)c1)C1CN(C(=O)OC(C)(C)C)C1. The van der Waals surface area contributed by atoms with E-state index in [9.17, 15) is 18.7 Å². The fraction of sp³-hybridized carbons (Fsp3) is 0.516. The zero-order valence-electron chi connectivity index (χ0n) is 24.0. The molecular weight excluding hydrogens is 538 g/mol. The third kappa shape index (κ3) is 5.68. The fourth-order valence-corrected chi connectivity index (χ4v) is 6.09. The number of hydrogen-bond acceptors (Lipinski definition) is 4. The molecule has 10 heteroatoms. The van der Waals surface area contributed by atoms with Crippen molar-refractivity contribution in [3.05, 3.63) is 70.4 Å². The number of amides is 1. The summed E-state index contributed by atoms with van der Waals surface area (Å²) in [6.07, 6.45) is -0.0140. The highest BCUT2D eigenvalue weighted by molar-refractivity contribution is 5.85. The van der Waals surface area contributed by atoms with Crippen molar-refractivity contribution in [2.75, 3.05) is 26.2 Å². The number of rotatable bonds is 6. The highest BCUT2D eigenvalue weighted by Crippen LogP contribution is 2.44. The maximum atomic E-state index is 16.0. The molecule has 1 fully saturated rings. The molecule has 6 nitrogen and oxygen atoms in total. The van der Waals surface area contributed by atoms with Gasteiger partial charge in [-0.3, -0.25) is 4.90 Å². The standard InChI is InChI=1S/C31H37F4N3O3/c1-17-10-22-21-8-6-7-9-25(21)36-27(22)28(38(17)15-31(34,35)16-39)26-23(32)11-19(12-24(26)33)18(2)20-13-37(14-20)29(40)41-30(3,4)5/h6-9,11-12,17-18,20,28,36,39H,10,13-16H2,1-5H3/t17-,18?,28-/m1/s1. The number of aromatic amines is 1. The van der Waals surface area contributed by atoms with Crippen LogP contribution >= 0.6 is 0 Å². The van der Waals surface area contributed by atoms with E-state index in [4.69, 9.17) is 4.74 Å². The Bertz CT molecular complexity index is 1420. The van der Waals surface area contributed by atoms with E-state index in [0.29, 0.717) is 30.8 Å². The lowest BCUT2D eigenvalue weighted by Crippen LogP contribution is -2.53. The molecule has 1 unspecified atom stereocenters. The zero-order chi connectivity index (χ0) is 29.9. The van der Waals surface area contributed by atoms with E-state index >= 15 is 8.78 Å². The topological polar surface area (TPSA) is 68.8 Å². The molecule has 3 atom stereocenters. The number of fused-ring (bicyclic) bond motifs is 3. The van der Waals surface area contributed by atoms with Gasteiger partial charge in [0.25, 0.3) is 5.92 Å². The molecule has 41 heavy (non-hydrogen) atoms. The van der Waals surface area contributed by atoms with Crippen LogP contribution in [0.15, 0.2) is 36.4 Å². The van der Waals surface area contributed by atoms with Crippen LogP contribution in [0.3, 0.4) is 0 Å². The lowest BCUT2D eigenvalue weighted by atomic mass is 9.81. The van der Waals surface area contributed by atoms with Crippen LogP contribution in [-0.2, 0) is 11.2 Å². The molecule has 0 radical (unpaired) electrons. The van der Waals surface area contributed by atoms with Crippen LogP contribution in [0.4, 0.5) is 22.4 Å². The number of para-hydroxylation sites is 1. The van der Waals surface area contributed by atoms with Gasteiger partial charge in [0.05, 0.1) is 12.6 Å². The number of nitrogens with one attached hydrogen (secondary N) is 1. The van der Waals surface area contributed by atoms with Crippen LogP contribution in [0.5, 0.6) is 0 Å². The molecule has 5 rings (SSSR count). The van der Waals surface area contributed by atoms with Gasteiger partial charge in [0.15, 0.2) is 0 Å². The summed E-state index contributed by atoms with van der Waals surface area (Å²) in [6.45, 7) is 7.56. The number of likely N-dealkylation sites (tertiary alicyclic amines) is 1. The summed E-state index contributed by atoms with van der Waals surface area (Å²) in [5, 5.41) is 10.2. The van der Waals surface area contributed by atoms with Gasteiger partial charge in [0.1, 0.15) is 23.8 Å². The van der Waals surface area contributed by atoms with E-state index in [-0.39, 0.29) is 17.4 Å². The first-order chi connectivity index (χ1) is 19.2. The Hall–Kier alpha value is -3.11. The zero-order valence-corrected chi connectivity index (χ0v) is 24.0. The second-order valence-corrected chi connectivity index (χ2v) is 12.5. The average molecular weight is 576 g/mol. The molecule has 1 saturated heterocycles. The van der Waals surface area contributed by atoms with Crippen molar-refractivity contribution in [1.82, 2.24) is 14.8 Å². The Kier molecular flexibility index (Phi) is 7.61. The first kappa shape index (κ1) is 29.4. The number of benzene rings is 2. The third-order valence-electron chi connectivity index (χ3n) is 8.33. The molecule has 2 aromatic carbocycles. The van der Waals surface area contributed by atoms with Gasteiger partial charge in [-0.1, -0.05) is 25.1 Å². The van der Waals surface area contributed by atoms with Crippen molar-refractivity contribution >= 4 is 17.0 Å². The average Bonchev–Trinajstić information content (AvgIpc) is 3.21. The predicted octanol–water partition coefficient (Wildman–Crippen LogP) is 6.38. The number of H-pyrrole nitrogens is 1. The Morgan fingerprint density at radius 1 is 1.15 bits per heavy atom. The Morgan fingerprint density at radius 2 is 1.78 bits per heavy atom. The summed E-state index contributed by atoms with van der Waals surface area (Å²) in [5.74, 6) is -5.37. The van der Waals surface area contributed by atoms with Gasteiger partial charge in [-0.15, -0.1) is 0 Å². The van der Waals surface area contributed by atoms with Crippen LogP contribution in [0.1, 0.15) is 69.0 Å². The maximum Gasteiger partial charge on any atom is 0.410 e. The van der Waals surface area contributed by atoms with E-state index in [0.717, 1.165) is 16.5 Å². The second kappa shape index (κ2) is 10.6. The molecule has 1 aromatic heterocycles. The summed E-state index contributed by atoms with van der Waals surface area (Å²) < 4.78 is 66.5. The molecule has 2 aliphatic rings. The molecule has 0 aliphatic carbocycles. The molecule has 1 amide bonds. The van der Waals surface area contributed by atoms with Crippen molar-refractivity contribution in [3.8, 4) is 0 Å². The first-order valence-electron chi connectivity index (χ1n) is 14.0. The minimum absolute atomic E-state index is 0.0121. The van der Waals surface area contributed by atoms with E-state index in [2.05, 4.69) is 4.98 Å². The van der Waals surface area contributed by atoms with Gasteiger partial charge < -0.3 is 19.7 Å². The Labute approximate surface area is 237 Å². The minimum atomic E-state index is -3.46. The van der Waals surface area contributed by atoms with E-state index in [1.54, 1.807) is 32.6 Å². The first-order valence-corrected chi connectivity index (χ1v) is 14.0. The molecule has 3 aromatic rings. The minimum Gasteiger partial charge on any atom is -0.444 e. The normalized spacial score (nSPS) is 21.1. The van der Waals surface area contributed by atoms with Gasteiger partial charge in [-0.05, 0) is 69.4 Å². The lowest BCUT2D eigenvalue weighted by Gasteiger charge is -2.43. The van der Waals surface area contributed by atoms with Crippen LogP contribution in [0.25, 0.3) is 10.9 Å². The van der Waals surface area contributed by atoms with Gasteiger partial charge >= 0.3 is 6.09 Å². The number of alkyl halides is 2. The van der Waals surface area contributed by atoms with E-state index < -0.39 is 54.5 Å². The van der Waals surface area contributed by atoms with Gasteiger partial charge in [0, 0.05) is 47.2 Å². The van der Waals surface area contributed by atoms with Crippen LogP contribution in [0.2, 0.25) is 0 Å². The van der Waals surface area contributed by atoms with Crippen molar-refractivity contribution < 1.29 is 32.2 Å². The number of aromatic nitrogens is 1. The number of ether oxygens (including phenoxy) is 1. The number of carbonyl (C=O) groups excluding carboxylic acids is 1. The molecule has 3 heterocycles. The lowest BCUT2D eigenvalue weighted by molar-refractivity contribution is -0.0869. The monoisotopic (exact) mass is 575 g/mol. The number of aliphatic hydroxyl groups excluding tert-OH is 1. The number of carbonyl (C=O) groups is 1. The largest absolute Gasteiger partial charge is 0.444 e. The van der Waals surface area contributed by atoms with Gasteiger partial charge in [0.2, 0.25) is 0 Å². The van der Waals surface area contributed by atoms with E-state index in [1.807, 2.05) is 31.2 Å². The molecule has 0 saturated carbocycles. The molecule has 2 N–H and O–H groups in total. The molecular formula is C31H37F4N3O3. The summed E-state index contributed by atoms with van der Waals surface area (Å²) >= 11 is 0. The maximum absolute atomic E-state index is 16.0. The quantitative estimate of drug-likeness (QED) is 0.335. The van der Waals surface area contributed by atoms with Crippen LogP contribution in [-0.4, -0.2) is 69.8 Å². The smallest absolute Gasteiger partial charge is 0.410 e.